The molecule has 1 aromatic carbocycles. The quantitative estimate of drug-likeness (QED) is 0.310. The van der Waals surface area contributed by atoms with Gasteiger partial charge in [0.2, 0.25) is 0 Å². The predicted molar refractivity (Wildman–Crippen MR) is 125 cm³/mol. The van der Waals surface area contributed by atoms with E-state index in [2.05, 4.69) is 4.98 Å². The van der Waals surface area contributed by atoms with Crippen LogP contribution in [-0.4, -0.2) is 65.1 Å². The van der Waals surface area contributed by atoms with Crippen LogP contribution in [0, 0.1) is 6.92 Å². The maximum absolute atomic E-state index is 13.2. The van der Waals surface area contributed by atoms with Crippen LogP contribution in [-0.2, 0) is 14.3 Å². The third-order valence-electron chi connectivity index (χ3n) is 5.81. The second kappa shape index (κ2) is 9.56. The molecule has 9 nitrogen and oxygen atoms in total. The summed E-state index contributed by atoms with van der Waals surface area (Å²) in [7, 11) is 3.04. The molecule has 1 aliphatic rings. The first-order chi connectivity index (χ1) is 16.4. The van der Waals surface area contributed by atoms with Gasteiger partial charge in [-0.05, 0) is 43.7 Å². The molecule has 1 fully saturated rings. The number of rotatable bonds is 8. The fourth-order valence-corrected chi connectivity index (χ4v) is 4.30. The molecule has 0 spiro atoms. The number of likely N-dealkylation sites (tertiary alicyclic amines) is 1. The van der Waals surface area contributed by atoms with E-state index in [9.17, 15) is 14.7 Å². The maximum Gasteiger partial charge on any atom is 0.295 e. The maximum atomic E-state index is 13.2. The average molecular weight is 466 g/mol. The second-order valence-electron chi connectivity index (χ2n) is 7.80. The number of imidazole rings is 1. The number of carbonyl (C=O) groups is 2. The number of hydrogen-bond donors (Lipinski definition) is 1. The lowest BCUT2D eigenvalue weighted by molar-refractivity contribution is -0.140. The molecular weight excluding hydrogens is 438 g/mol. The molecule has 0 aliphatic carbocycles. The minimum Gasteiger partial charge on any atom is -0.505 e. The number of carbonyl (C=O) groups excluding carboxylic acids is 2. The number of pyridine rings is 1. The molecule has 4 rings (SSSR count). The smallest absolute Gasteiger partial charge is 0.295 e. The number of aliphatic hydroxyl groups is 1. The third kappa shape index (κ3) is 3.88. The first kappa shape index (κ1) is 23.3. The van der Waals surface area contributed by atoms with Crippen LogP contribution in [0.25, 0.3) is 11.4 Å². The van der Waals surface area contributed by atoms with E-state index >= 15 is 0 Å². The van der Waals surface area contributed by atoms with Crippen molar-refractivity contribution in [3.63, 3.8) is 0 Å². The van der Waals surface area contributed by atoms with Crippen LogP contribution in [0.5, 0.6) is 11.5 Å². The van der Waals surface area contributed by atoms with Gasteiger partial charge in [-0.1, -0.05) is 12.1 Å². The van der Waals surface area contributed by atoms with Crippen molar-refractivity contribution in [1.29, 1.82) is 0 Å². The van der Waals surface area contributed by atoms with Crippen molar-refractivity contribution in [2.45, 2.75) is 19.9 Å². The Morgan fingerprint density at radius 2 is 1.94 bits per heavy atom. The number of aromatic nitrogens is 2. The molecule has 3 aromatic rings. The molecule has 1 saturated heterocycles. The molecule has 1 atom stereocenters. The molecule has 2 aromatic heterocycles. The number of fused-ring (bicyclic) bond motifs is 1. The van der Waals surface area contributed by atoms with E-state index in [-0.39, 0.29) is 24.5 Å². The molecule has 3 heterocycles. The zero-order valence-corrected chi connectivity index (χ0v) is 19.6. The second-order valence-corrected chi connectivity index (χ2v) is 7.80. The Hall–Kier alpha value is -3.85. The van der Waals surface area contributed by atoms with Gasteiger partial charge in [0.1, 0.15) is 11.3 Å². The van der Waals surface area contributed by atoms with Crippen LogP contribution in [0.4, 0.5) is 0 Å². The van der Waals surface area contributed by atoms with Crippen LogP contribution in [0.15, 0.2) is 48.2 Å². The van der Waals surface area contributed by atoms with Gasteiger partial charge in [-0.25, -0.2) is 4.98 Å². The van der Waals surface area contributed by atoms with Crippen LogP contribution < -0.4 is 9.47 Å². The standard InChI is InChI=1S/C25H27N3O6/c1-5-34-17-10-9-16(14-18(17)33-4)22-20(24(30)25(31)28(22)12-13-32-3)23(29)21-15(2)26-19-8-6-7-11-27(19)21/h6-11,14,22,29H,5,12-13H2,1-4H3/b23-20+. The van der Waals surface area contributed by atoms with Gasteiger partial charge >= 0.3 is 0 Å². The lowest BCUT2D eigenvalue weighted by Gasteiger charge is -2.25. The van der Waals surface area contributed by atoms with Gasteiger partial charge in [0.25, 0.3) is 11.7 Å². The molecule has 9 heteroatoms. The summed E-state index contributed by atoms with van der Waals surface area (Å²) < 4.78 is 18.0. The van der Waals surface area contributed by atoms with Gasteiger partial charge in [-0.3, -0.25) is 14.0 Å². The highest BCUT2D eigenvalue weighted by molar-refractivity contribution is 6.46. The average Bonchev–Trinajstić information content (AvgIpc) is 3.30. The van der Waals surface area contributed by atoms with E-state index in [1.807, 2.05) is 13.0 Å². The number of amides is 1. The summed E-state index contributed by atoms with van der Waals surface area (Å²) in [5.41, 5.74) is 2.11. The van der Waals surface area contributed by atoms with Gasteiger partial charge < -0.3 is 24.2 Å². The Kier molecular flexibility index (Phi) is 6.56. The Labute approximate surface area is 197 Å². The normalized spacial score (nSPS) is 17.5. The van der Waals surface area contributed by atoms with Crippen molar-refractivity contribution in [3.8, 4) is 11.5 Å². The summed E-state index contributed by atoms with van der Waals surface area (Å²) >= 11 is 0. The highest BCUT2D eigenvalue weighted by Crippen LogP contribution is 2.42. The van der Waals surface area contributed by atoms with Crippen LogP contribution in [0.2, 0.25) is 0 Å². The third-order valence-corrected chi connectivity index (χ3v) is 5.81. The summed E-state index contributed by atoms with van der Waals surface area (Å²) in [5, 5.41) is 11.4. The molecule has 0 bridgehead atoms. The first-order valence-corrected chi connectivity index (χ1v) is 10.9. The molecule has 1 amide bonds. The highest BCUT2D eigenvalue weighted by Gasteiger charge is 2.46. The van der Waals surface area contributed by atoms with Crippen LogP contribution in [0.3, 0.4) is 0 Å². The molecule has 1 aliphatic heterocycles. The number of methoxy groups -OCH3 is 2. The van der Waals surface area contributed by atoms with Crippen LogP contribution in [0.1, 0.15) is 29.9 Å². The SMILES string of the molecule is CCOc1ccc(C2/C(=C(\O)c3c(C)nc4ccccn34)C(=O)C(=O)N2CCOC)cc1OC. The zero-order chi connectivity index (χ0) is 24.4. The van der Waals surface area contributed by atoms with Crippen molar-refractivity contribution < 1.29 is 28.9 Å². The van der Waals surface area contributed by atoms with E-state index in [1.54, 1.807) is 47.9 Å². The molecular formula is C25H27N3O6. The summed E-state index contributed by atoms with van der Waals surface area (Å²) in [6.07, 6.45) is 1.75. The molecule has 1 unspecified atom stereocenters. The van der Waals surface area contributed by atoms with Crippen molar-refractivity contribution >= 4 is 23.1 Å². The Morgan fingerprint density at radius 3 is 2.65 bits per heavy atom. The van der Waals surface area contributed by atoms with Gasteiger partial charge in [0.05, 0.1) is 37.6 Å². The van der Waals surface area contributed by atoms with E-state index in [0.717, 1.165) is 0 Å². The number of benzene rings is 1. The van der Waals surface area contributed by atoms with Crippen molar-refractivity contribution in [1.82, 2.24) is 14.3 Å². The fourth-order valence-electron chi connectivity index (χ4n) is 4.30. The van der Waals surface area contributed by atoms with Crippen molar-refractivity contribution in [2.24, 2.45) is 0 Å². The van der Waals surface area contributed by atoms with Gasteiger partial charge in [-0.15, -0.1) is 0 Å². The number of Topliss-reactive ketones (excluding diaryl/α,β-unsaturated/α-hetero) is 1. The Balaban J connectivity index is 1.93. The molecule has 34 heavy (non-hydrogen) atoms. The predicted octanol–water partition coefficient (Wildman–Crippen LogP) is 3.12. The van der Waals surface area contributed by atoms with E-state index < -0.39 is 17.7 Å². The van der Waals surface area contributed by atoms with Crippen molar-refractivity contribution in [2.75, 3.05) is 34.0 Å². The van der Waals surface area contributed by atoms with Crippen molar-refractivity contribution in [3.05, 3.63) is 65.1 Å². The van der Waals surface area contributed by atoms with E-state index in [1.165, 1.54) is 19.1 Å². The summed E-state index contributed by atoms with van der Waals surface area (Å²) in [6.45, 7) is 4.47. The minimum atomic E-state index is -0.839. The monoisotopic (exact) mass is 465 g/mol. The highest BCUT2D eigenvalue weighted by atomic mass is 16.5. The molecule has 178 valence electrons. The lowest BCUT2D eigenvalue weighted by atomic mass is 9.96. The molecule has 0 radical (unpaired) electrons. The molecule has 1 N–H and O–H groups in total. The van der Waals surface area contributed by atoms with E-state index in [4.69, 9.17) is 14.2 Å². The summed E-state index contributed by atoms with van der Waals surface area (Å²) in [6, 6.07) is 9.81. The number of aliphatic hydroxyl groups excluding tert-OH is 1. The fraction of sp³-hybridized carbons (Fsp3) is 0.320. The van der Waals surface area contributed by atoms with Gasteiger partial charge in [0, 0.05) is 19.9 Å². The van der Waals surface area contributed by atoms with Gasteiger partial charge in [0.15, 0.2) is 17.3 Å². The minimum absolute atomic E-state index is 0.0129. The first-order valence-electron chi connectivity index (χ1n) is 10.9. The summed E-state index contributed by atoms with van der Waals surface area (Å²) in [5.74, 6) is -0.755. The van der Waals surface area contributed by atoms with Gasteiger partial charge in [-0.2, -0.15) is 0 Å². The number of nitrogens with zero attached hydrogens (tertiary/aromatic N) is 3. The van der Waals surface area contributed by atoms with Crippen LogP contribution >= 0.6 is 0 Å². The number of ketones is 1. The summed E-state index contributed by atoms with van der Waals surface area (Å²) in [4.78, 5) is 32.2. The Bertz CT molecular complexity index is 1280. The number of aryl methyl sites for hydroxylation is 1. The molecule has 0 saturated carbocycles. The van der Waals surface area contributed by atoms with E-state index in [0.29, 0.717) is 40.7 Å². The largest absolute Gasteiger partial charge is 0.505 e. The number of hydrogen-bond acceptors (Lipinski definition) is 7. The number of ether oxygens (including phenoxy) is 3. The lowest BCUT2D eigenvalue weighted by Crippen LogP contribution is -2.32. The zero-order valence-electron chi connectivity index (χ0n) is 19.6. The topological polar surface area (TPSA) is 103 Å². The Morgan fingerprint density at radius 1 is 1.15 bits per heavy atom.